The third-order valence-corrected chi connectivity index (χ3v) is 9.57. The predicted molar refractivity (Wildman–Crippen MR) is 147 cm³/mol. The smallest absolute Gasteiger partial charge is 0.227 e. The van der Waals surface area contributed by atoms with Crippen molar-refractivity contribution in [2.75, 3.05) is 16.4 Å². The van der Waals surface area contributed by atoms with Crippen LogP contribution in [0.4, 0.5) is 5.69 Å². The van der Waals surface area contributed by atoms with Gasteiger partial charge in [0.15, 0.2) is 0 Å². The van der Waals surface area contributed by atoms with Crippen molar-refractivity contribution in [3.8, 4) is 11.1 Å². The summed E-state index contributed by atoms with van der Waals surface area (Å²) in [6.45, 7) is 3.84. The van der Waals surface area contributed by atoms with Gasteiger partial charge in [-0.05, 0) is 56.2 Å². The fourth-order valence-electron chi connectivity index (χ4n) is 5.71. The second kappa shape index (κ2) is 9.66. The Labute approximate surface area is 227 Å². The molecule has 2 fully saturated rings. The first-order valence-electron chi connectivity index (χ1n) is 12.4. The molecule has 2 aliphatic rings. The molecule has 4 heterocycles. The summed E-state index contributed by atoms with van der Waals surface area (Å²) in [5, 5.41) is 4.96. The van der Waals surface area contributed by atoms with Crippen molar-refractivity contribution in [2.24, 2.45) is 0 Å². The number of hydrogen-bond donors (Lipinski definition) is 0. The summed E-state index contributed by atoms with van der Waals surface area (Å²) >= 11 is 11.7. The Morgan fingerprint density at radius 1 is 1.05 bits per heavy atom. The highest BCUT2D eigenvalue weighted by atomic mass is 35.5. The lowest BCUT2D eigenvalue weighted by atomic mass is 10.0. The molecule has 2 aromatic heterocycles. The number of nitrogens with zero attached hydrogens (tertiary/aromatic N) is 4. The normalized spacial score (nSPS) is 22.4. The molecule has 0 radical (unpaired) electrons. The van der Waals surface area contributed by atoms with E-state index in [1.807, 2.05) is 19.9 Å². The van der Waals surface area contributed by atoms with E-state index >= 15 is 0 Å². The summed E-state index contributed by atoms with van der Waals surface area (Å²) in [5.74, 6) is 2.98. The first kappa shape index (κ1) is 24.8. The molecule has 0 bridgehead atoms. The zero-order valence-corrected chi connectivity index (χ0v) is 22.9. The molecular weight excluding hydrogens is 531 g/mol. The number of fused-ring (bicyclic) bond motifs is 1. The fourth-order valence-corrected chi connectivity index (χ4v) is 7.28. The molecule has 192 valence electrons. The second-order valence-corrected chi connectivity index (χ2v) is 12.2. The molecular formula is C27H26Cl2N4O3S. The van der Waals surface area contributed by atoms with Crippen LogP contribution in [0.15, 0.2) is 40.9 Å². The first-order chi connectivity index (χ1) is 17.8. The minimum Gasteiger partial charge on any atom is -0.616 e. The van der Waals surface area contributed by atoms with Gasteiger partial charge < -0.3 is 18.5 Å². The molecule has 0 unspecified atom stereocenters. The molecule has 10 heteroatoms. The van der Waals surface area contributed by atoms with Crippen LogP contribution in [-0.4, -0.2) is 36.7 Å². The van der Waals surface area contributed by atoms with Crippen molar-refractivity contribution in [2.45, 2.75) is 51.6 Å². The summed E-state index contributed by atoms with van der Waals surface area (Å²) in [7, 11) is 0. The van der Waals surface area contributed by atoms with Crippen molar-refractivity contribution < 1.29 is 13.9 Å². The Bertz CT molecular complexity index is 1490. The minimum absolute atomic E-state index is 0.0307. The van der Waals surface area contributed by atoms with Crippen LogP contribution in [0, 0.1) is 13.8 Å². The Balaban J connectivity index is 1.50. The summed E-state index contributed by atoms with van der Waals surface area (Å²) in [6, 6.07) is 11.5. The van der Waals surface area contributed by atoms with Gasteiger partial charge in [-0.15, -0.1) is 0 Å². The van der Waals surface area contributed by atoms with Gasteiger partial charge in [0, 0.05) is 36.6 Å². The van der Waals surface area contributed by atoms with Crippen molar-refractivity contribution in [1.29, 1.82) is 0 Å². The average molecular weight is 558 g/mol. The van der Waals surface area contributed by atoms with Gasteiger partial charge in [-0.1, -0.05) is 45.6 Å². The number of imidazole rings is 1. The van der Waals surface area contributed by atoms with Crippen molar-refractivity contribution in [3.63, 3.8) is 0 Å². The van der Waals surface area contributed by atoms with Crippen LogP contribution < -0.4 is 4.90 Å². The number of carbonyl (C=O) groups is 1. The SMILES string of the molecule is Cc1noc(C)c1-c1ccc2c(c1)nc([C@@H]1CCC(=O)N1c1ccc(Cl)c(Cl)c1)n2C1CC[S+]([O-])CC1. The number of benzene rings is 2. The standard InChI is InChI=1S/C27H26Cl2N4O3S/c1-15-26(16(2)36-31-15)17-3-6-23-22(13-17)30-27(33(23)18-9-11-37(35)12-10-18)24-7-8-25(34)32(24)19-4-5-20(28)21(29)14-19/h3-6,13-14,18,24H,7-12H2,1-2H3/t18?,24-,37?/m0/s1. The van der Waals surface area contributed by atoms with E-state index in [9.17, 15) is 9.35 Å². The highest BCUT2D eigenvalue weighted by Crippen LogP contribution is 2.42. The third-order valence-electron chi connectivity index (χ3n) is 7.45. The van der Waals surface area contributed by atoms with E-state index in [-0.39, 0.29) is 18.0 Å². The van der Waals surface area contributed by atoms with Gasteiger partial charge in [0.2, 0.25) is 5.91 Å². The average Bonchev–Trinajstić information content (AvgIpc) is 3.55. The number of aryl methyl sites for hydroxylation is 2. The van der Waals surface area contributed by atoms with Crippen LogP contribution in [0.25, 0.3) is 22.2 Å². The van der Waals surface area contributed by atoms with Gasteiger partial charge in [-0.25, -0.2) is 4.98 Å². The third kappa shape index (κ3) is 4.34. The van der Waals surface area contributed by atoms with Crippen LogP contribution in [0.1, 0.15) is 55.0 Å². The van der Waals surface area contributed by atoms with Gasteiger partial charge in [0.1, 0.15) is 23.1 Å². The monoisotopic (exact) mass is 556 g/mol. The predicted octanol–water partition coefficient (Wildman–Crippen LogP) is 6.57. The number of carbonyl (C=O) groups excluding carboxylic acids is 1. The van der Waals surface area contributed by atoms with Gasteiger partial charge in [0.05, 0.1) is 32.8 Å². The minimum atomic E-state index is -0.784. The Morgan fingerprint density at radius 3 is 2.54 bits per heavy atom. The van der Waals surface area contributed by atoms with E-state index in [1.54, 1.807) is 17.0 Å². The molecule has 6 rings (SSSR count). The number of amides is 1. The molecule has 37 heavy (non-hydrogen) atoms. The number of hydrogen-bond acceptors (Lipinski definition) is 5. The molecule has 0 saturated carbocycles. The number of halogens is 2. The van der Waals surface area contributed by atoms with Crippen LogP contribution in [0.5, 0.6) is 0 Å². The Morgan fingerprint density at radius 2 is 1.84 bits per heavy atom. The summed E-state index contributed by atoms with van der Waals surface area (Å²) in [6.07, 6.45) is 2.69. The Hall–Kier alpha value is -2.52. The molecule has 2 saturated heterocycles. The van der Waals surface area contributed by atoms with E-state index in [4.69, 9.17) is 32.7 Å². The summed E-state index contributed by atoms with van der Waals surface area (Å²) in [4.78, 5) is 20.1. The van der Waals surface area contributed by atoms with Crippen LogP contribution in [0.3, 0.4) is 0 Å². The van der Waals surface area contributed by atoms with Crippen molar-refractivity contribution in [3.05, 3.63) is 63.7 Å². The fraction of sp³-hybridized carbons (Fsp3) is 0.370. The van der Waals surface area contributed by atoms with Gasteiger partial charge >= 0.3 is 0 Å². The lowest BCUT2D eigenvalue weighted by Crippen LogP contribution is -2.31. The second-order valence-electron chi connectivity index (χ2n) is 9.74. The van der Waals surface area contributed by atoms with E-state index in [2.05, 4.69) is 27.9 Å². The lowest BCUT2D eigenvalue weighted by Gasteiger charge is -2.30. The van der Waals surface area contributed by atoms with Crippen LogP contribution in [-0.2, 0) is 16.0 Å². The topological polar surface area (TPSA) is 87.2 Å². The van der Waals surface area contributed by atoms with Gasteiger partial charge in [-0.3, -0.25) is 4.79 Å². The molecule has 0 spiro atoms. The quantitative estimate of drug-likeness (QED) is 0.265. The van der Waals surface area contributed by atoms with E-state index in [0.29, 0.717) is 40.1 Å². The zero-order valence-electron chi connectivity index (χ0n) is 20.5. The number of rotatable bonds is 4. The lowest BCUT2D eigenvalue weighted by molar-refractivity contribution is -0.117. The molecule has 7 nitrogen and oxygen atoms in total. The maximum absolute atomic E-state index is 13.1. The van der Waals surface area contributed by atoms with Gasteiger partial charge in [0.25, 0.3) is 0 Å². The van der Waals surface area contributed by atoms with Crippen molar-refractivity contribution in [1.82, 2.24) is 14.7 Å². The van der Waals surface area contributed by atoms with E-state index in [1.165, 1.54) is 0 Å². The largest absolute Gasteiger partial charge is 0.616 e. The molecule has 1 atom stereocenters. The first-order valence-corrected chi connectivity index (χ1v) is 14.6. The molecule has 2 aromatic carbocycles. The molecule has 1 amide bonds. The molecule has 4 aromatic rings. The highest BCUT2D eigenvalue weighted by Gasteiger charge is 2.39. The number of aromatic nitrogens is 3. The maximum Gasteiger partial charge on any atom is 0.227 e. The molecule has 0 N–H and O–H groups in total. The van der Waals surface area contributed by atoms with Crippen LogP contribution >= 0.6 is 23.2 Å². The molecule has 0 aliphatic carbocycles. The molecule has 2 aliphatic heterocycles. The zero-order chi connectivity index (χ0) is 25.8. The summed E-state index contributed by atoms with van der Waals surface area (Å²) < 4.78 is 19.8. The highest BCUT2D eigenvalue weighted by molar-refractivity contribution is 7.91. The number of anilines is 1. The van der Waals surface area contributed by atoms with E-state index < -0.39 is 11.2 Å². The van der Waals surface area contributed by atoms with Crippen molar-refractivity contribution >= 4 is 57.0 Å². The van der Waals surface area contributed by atoms with Gasteiger partial charge in [-0.2, -0.15) is 0 Å². The summed E-state index contributed by atoms with van der Waals surface area (Å²) in [5.41, 5.74) is 5.37. The van der Waals surface area contributed by atoms with Crippen LogP contribution in [0.2, 0.25) is 10.0 Å². The maximum atomic E-state index is 13.1. The Kier molecular flexibility index (Phi) is 6.47. The van der Waals surface area contributed by atoms with E-state index in [0.717, 1.165) is 52.3 Å².